The van der Waals surface area contributed by atoms with Crippen LogP contribution in [-0.2, 0) is 0 Å². The summed E-state index contributed by atoms with van der Waals surface area (Å²) in [6, 6.07) is 25.7. The minimum absolute atomic E-state index is 0.197. The van der Waals surface area contributed by atoms with E-state index in [9.17, 15) is 9.59 Å². The van der Waals surface area contributed by atoms with Crippen LogP contribution in [0.3, 0.4) is 0 Å². The highest BCUT2D eigenvalue weighted by molar-refractivity contribution is 6.30. The number of hydrogen-bond acceptors (Lipinski definition) is 3. The standard InChI is InChI=1S/C27H20Cl2N2O3/c1-34-22-5-2-4-19(16-22)27(33)31-23-6-3-7-24(32)30(23)25(17-8-12-20(28)13-9-17)26(31)18-10-14-21(29)15-11-18/h2-16,25-26H,1H3/t25-,26+/m1/s1. The summed E-state index contributed by atoms with van der Waals surface area (Å²) in [6.45, 7) is 0. The highest BCUT2D eigenvalue weighted by Gasteiger charge is 2.44. The number of amides is 1. The molecular weight excluding hydrogens is 471 g/mol. The third-order valence-corrected chi connectivity index (χ3v) is 6.53. The van der Waals surface area contributed by atoms with E-state index in [2.05, 4.69) is 0 Å². The van der Waals surface area contributed by atoms with Crippen molar-refractivity contribution < 1.29 is 9.53 Å². The van der Waals surface area contributed by atoms with Gasteiger partial charge in [-0.1, -0.05) is 59.6 Å². The molecule has 1 aliphatic heterocycles. The van der Waals surface area contributed by atoms with Gasteiger partial charge in [0.1, 0.15) is 11.6 Å². The molecule has 2 heterocycles. The van der Waals surface area contributed by atoms with Crippen LogP contribution in [0.5, 0.6) is 5.75 Å². The van der Waals surface area contributed by atoms with E-state index in [1.807, 2.05) is 24.3 Å². The molecule has 1 aromatic heterocycles. The maximum Gasteiger partial charge on any atom is 0.260 e. The van der Waals surface area contributed by atoms with Crippen LogP contribution in [-0.4, -0.2) is 17.6 Å². The van der Waals surface area contributed by atoms with Crippen molar-refractivity contribution in [2.24, 2.45) is 0 Å². The van der Waals surface area contributed by atoms with Gasteiger partial charge >= 0.3 is 0 Å². The molecular formula is C27H20Cl2N2O3. The van der Waals surface area contributed by atoms with Gasteiger partial charge in [-0.15, -0.1) is 0 Å². The fourth-order valence-electron chi connectivity index (χ4n) is 4.50. The Morgan fingerprint density at radius 2 is 1.38 bits per heavy atom. The number of benzene rings is 3. The van der Waals surface area contributed by atoms with E-state index in [0.29, 0.717) is 27.2 Å². The molecule has 5 nitrogen and oxygen atoms in total. The number of methoxy groups -OCH3 is 1. The van der Waals surface area contributed by atoms with Crippen molar-refractivity contribution in [3.63, 3.8) is 0 Å². The third kappa shape index (κ3) is 3.87. The van der Waals surface area contributed by atoms with E-state index in [-0.39, 0.29) is 11.5 Å². The molecule has 0 radical (unpaired) electrons. The van der Waals surface area contributed by atoms with Crippen LogP contribution in [0.15, 0.2) is 95.8 Å². The van der Waals surface area contributed by atoms with Crippen LogP contribution in [0.2, 0.25) is 10.0 Å². The summed E-state index contributed by atoms with van der Waals surface area (Å²) in [7, 11) is 1.56. The van der Waals surface area contributed by atoms with Gasteiger partial charge in [-0.2, -0.15) is 0 Å². The molecule has 1 aliphatic rings. The number of carbonyl (C=O) groups is 1. The second-order valence-corrected chi connectivity index (χ2v) is 8.86. The number of anilines is 1. The summed E-state index contributed by atoms with van der Waals surface area (Å²) in [5, 5.41) is 1.18. The first-order valence-electron chi connectivity index (χ1n) is 10.7. The topological polar surface area (TPSA) is 51.5 Å². The number of nitrogens with zero attached hydrogens (tertiary/aromatic N) is 2. The molecule has 170 valence electrons. The second kappa shape index (κ2) is 9.01. The largest absolute Gasteiger partial charge is 0.497 e. The lowest BCUT2D eigenvalue weighted by Gasteiger charge is -2.28. The lowest BCUT2D eigenvalue weighted by Crippen LogP contribution is -2.33. The zero-order valence-corrected chi connectivity index (χ0v) is 19.7. The van der Waals surface area contributed by atoms with Gasteiger partial charge in [-0.05, 0) is 59.7 Å². The van der Waals surface area contributed by atoms with Gasteiger partial charge in [-0.25, -0.2) is 0 Å². The zero-order chi connectivity index (χ0) is 23.8. The number of aromatic nitrogens is 1. The van der Waals surface area contributed by atoms with Gasteiger partial charge in [0.2, 0.25) is 0 Å². The quantitative estimate of drug-likeness (QED) is 0.344. The number of halogens is 2. The van der Waals surface area contributed by atoms with Crippen LogP contribution in [0.1, 0.15) is 33.6 Å². The lowest BCUT2D eigenvalue weighted by molar-refractivity contribution is 0.0977. The molecule has 4 aromatic rings. The number of pyridine rings is 1. The van der Waals surface area contributed by atoms with Crippen molar-refractivity contribution >= 4 is 34.9 Å². The van der Waals surface area contributed by atoms with E-state index >= 15 is 0 Å². The number of carbonyl (C=O) groups excluding carboxylic acids is 1. The summed E-state index contributed by atoms with van der Waals surface area (Å²) in [4.78, 5) is 28.8. The number of rotatable bonds is 4. The molecule has 0 unspecified atom stereocenters. The van der Waals surface area contributed by atoms with Crippen molar-refractivity contribution in [3.8, 4) is 5.75 Å². The maximum absolute atomic E-state index is 14.0. The van der Waals surface area contributed by atoms with Crippen LogP contribution in [0.25, 0.3) is 0 Å². The Hall–Kier alpha value is -3.54. The molecule has 3 aromatic carbocycles. The van der Waals surface area contributed by atoms with Crippen molar-refractivity contribution in [1.29, 1.82) is 0 Å². The van der Waals surface area contributed by atoms with Gasteiger partial charge < -0.3 is 4.74 Å². The average molecular weight is 491 g/mol. The van der Waals surface area contributed by atoms with Gasteiger partial charge in [0.05, 0.1) is 19.2 Å². The highest BCUT2D eigenvalue weighted by Crippen LogP contribution is 2.47. The lowest BCUT2D eigenvalue weighted by atomic mass is 9.93. The molecule has 7 heteroatoms. The monoisotopic (exact) mass is 490 g/mol. The van der Waals surface area contributed by atoms with Gasteiger partial charge in [0.25, 0.3) is 11.5 Å². The molecule has 2 atom stereocenters. The van der Waals surface area contributed by atoms with E-state index in [4.69, 9.17) is 27.9 Å². The van der Waals surface area contributed by atoms with Gasteiger partial charge in [-0.3, -0.25) is 19.1 Å². The van der Waals surface area contributed by atoms with E-state index in [1.165, 1.54) is 6.07 Å². The van der Waals surface area contributed by atoms with Crippen molar-refractivity contribution in [1.82, 2.24) is 4.57 Å². The van der Waals surface area contributed by atoms with Crippen LogP contribution in [0.4, 0.5) is 5.82 Å². The molecule has 1 amide bonds. The number of hydrogen-bond donors (Lipinski definition) is 0. The fourth-order valence-corrected chi connectivity index (χ4v) is 4.75. The third-order valence-electron chi connectivity index (χ3n) is 6.03. The van der Waals surface area contributed by atoms with Crippen LogP contribution >= 0.6 is 23.2 Å². The summed E-state index contributed by atoms with van der Waals surface area (Å²) in [6.07, 6.45) is 0. The molecule has 0 aliphatic carbocycles. The van der Waals surface area contributed by atoms with Gasteiger partial charge in [0.15, 0.2) is 0 Å². The Balaban J connectivity index is 1.75. The summed E-state index contributed by atoms with van der Waals surface area (Å²) in [5.41, 5.74) is 1.97. The molecule has 0 fully saturated rings. The fraction of sp³-hybridized carbons (Fsp3) is 0.111. The van der Waals surface area contributed by atoms with E-state index in [0.717, 1.165) is 11.1 Å². The Labute approximate surface area is 206 Å². The minimum atomic E-state index is -0.493. The molecule has 34 heavy (non-hydrogen) atoms. The first-order chi connectivity index (χ1) is 16.5. The van der Waals surface area contributed by atoms with Crippen molar-refractivity contribution in [3.05, 3.63) is 128 Å². The first kappa shape index (κ1) is 22.3. The van der Waals surface area contributed by atoms with E-state index in [1.54, 1.807) is 77.2 Å². The Kier molecular flexibility index (Phi) is 5.90. The number of fused-ring (bicyclic) bond motifs is 1. The normalized spacial score (nSPS) is 16.9. The Morgan fingerprint density at radius 1 is 0.794 bits per heavy atom. The first-order valence-corrected chi connectivity index (χ1v) is 11.4. The summed E-state index contributed by atoms with van der Waals surface area (Å²) >= 11 is 12.3. The molecule has 0 N–H and O–H groups in total. The summed E-state index contributed by atoms with van der Waals surface area (Å²) < 4.78 is 7.00. The SMILES string of the molecule is COc1cccc(C(=O)N2c3cccc(=O)n3[C@H](c3ccc(Cl)cc3)[C@@H]2c2ccc(Cl)cc2)c1. The van der Waals surface area contributed by atoms with Crippen molar-refractivity contribution in [2.75, 3.05) is 12.0 Å². The molecule has 0 spiro atoms. The van der Waals surface area contributed by atoms with E-state index < -0.39 is 12.1 Å². The molecule has 0 saturated carbocycles. The Morgan fingerprint density at radius 3 is 2.00 bits per heavy atom. The predicted molar refractivity (Wildman–Crippen MR) is 134 cm³/mol. The average Bonchev–Trinajstić information content (AvgIpc) is 3.21. The van der Waals surface area contributed by atoms with Gasteiger partial charge in [0, 0.05) is 21.7 Å². The molecule has 0 bridgehead atoms. The highest BCUT2D eigenvalue weighted by atomic mass is 35.5. The maximum atomic E-state index is 14.0. The zero-order valence-electron chi connectivity index (χ0n) is 18.2. The van der Waals surface area contributed by atoms with Crippen LogP contribution < -0.4 is 15.2 Å². The second-order valence-electron chi connectivity index (χ2n) is 7.99. The number of ether oxygens (including phenoxy) is 1. The molecule has 0 saturated heterocycles. The summed E-state index contributed by atoms with van der Waals surface area (Å²) in [5.74, 6) is 0.850. The smallest absolute Gasteiger partial charge is 0.260 e. The molecule has 5 rings (SSSR count). The van der Waals surface area contributed by atoms with Crippen LogP contribution in [0, 0.1) is 0 Å². The van der Waals surface area contributed by atoms with Crippen molar-refractivity contribution in [2.45, 2.75) is 12.1 Å². The predicted octanol–water partition coefficient (Wildman–Crippen LogP) is 6.15. The minimum Gasteiger partial charge on any atom is -0.497 e. The Bertz CT molecular complexity index is 1420.